The zero-order valence-corrected chi connectivity index (χ0v) is 10.7. The van der Waals surface area contributed by atoms with Crippen LogP contribution in [0.4, 0.5) is 0 Å². The Hall–Kier alpha value is -2.10. The smallest absolute Gasteiger partial charge is 0.156 e. The monoisotopic (exact) mass is 241 g/mol. The van der Waals surface area contributed by atoms with Crippen LogP contribution in [0.25, 0.3) is 22.4 Å². The van der Waals surface area contributed by atoms with E-state index in [9.17, 15) is 0 Å². The van der Waals surface area contributed by atoms with Crippen molar-refractivity contribution in [3.63, 3.8) is 0 Å². The summed E-state index contributed by atoms with van der Waals surface area (Å²) >= 11 is 0. The van der Waals surface area contributed by atoms with Gasteiger partial charge in [-0.1, -0.05) is 13.8 Å². The predicted molar refractivity (Wildman–Crippen MR) is 70.3 cm³/mol. The molecule has 0 aliphatic carbocycles. The number of hydrogen-bond acceptors (Lipinski definition) is 3. The van der Waals surface area contributed by atoms with Crippen molar-refractivity contribution in [2.24, 2.45) is 7.05 Å². The molecule has 0 spiro atoms. The molecule has 0 amide bonds. The third kappa shape index (κ3) is 1.70. The molecule has 0 fully saturated rings. The van der Waals surface area contributed by atoms with E-state index in [2.05, 4.69) is 23.9 Å². The van der Waals surface area contributed by atoms with E-state index < -0.39 is 0 Å². The summed E-state index contributed by atoms with van der Waals surface area (Å²) in [7, 11) is 1.89. The fourth-order valence-corrected chi connectivity index (χ4v) is 2.10. The average Bonchev–Trinajstić information content (AvgIpc) is 2.93. The van der Waals surface area contributed by atoms with Crippen molar-refractivity contribution in [3.8, 4) is 11.3 Å². The highest BCUT2D eigenvalue weighted by Gasteiger charge is 2.13. The van der Waals surface area contributed by atoms with E-state index in [1.54, 1.807) is 10.9 Å². The lowest BCUT2D eigenvalue weighted by Crippen LogP contribution is -1.88. The molecular formula is C14H15N3O. The van der Waals surface area contributed by atoms with E-state index in [0.29, 0.717) is 5.92 Å². The molecule has 0 aliphatic rings. The number of nitrogens with zero attached hydrogens (tertiary/aromatic N) is 3. The van der Waals surface area contributed by atoms with Crippen LogP contribution in [0.3, 0.4) is 0 Å². The van der Waals surface area contributed by atoms with Crippen LogP contribution < -0.4 is 0 Å². The molecule has 0 aliphatic heterocycles. The highest BCUT2D eigenvalue weighted by molar-refractivity contribution is 5.81. The number of rotatable bonds is 2. The minimum absolute atomic E-state index is 0.420. The number of furan rings is 1. The quantitative estimate of drug-likeness (QED) is 0.691. The van der Waals surface area contributed by atoms with Crippen LogP contribution in [0.2, 0.25) is 0 Å². The summed E-state index contributed by atoms with van der Waals surface area (Å²) < 4.78 is 7.71. The van der Waals surface area contributed by atoms with Gasteiger partial charge in [0.2, 0.25) is 0 Å². The molecule has 0 N–H and O–H groups in total. The molecule has 3 aromatic heterocycles. The van der Waals surface area contributed by atoms with Crippen LogP contribution in [-0.4, -0.2) is 14.8 Å². The zero-order valence-electron chi connectivity index (χ0n) is 10.7. The fourth-order valence-electron chi connectivity index (χ4n) is 2.10. The van der Waals surface area contributed by atoms with Crippen molar-refractivity contribution < 1.29 is 4.42 Å². The molecule has 0 saturated heterocycles. The summed E-state index contributed by atoms with van der Waals surface area (Å²) in [6.45, 7) is 4.31. The number of hydrogen-bond donors (Lipinski definition) is 0. The molecule has 3 rings (SSSR count). The summed E-state index contributed by atoms with van der Waals surface area (Å²) in [5, 5.41) is 4.16. The van der Waals surface area contributed by atoms with Crippen molar-refractivity contribution >= 4 is 11.1 Å². The van der Waals surface area contributed by atoms with Gasteiger partial charge in [0, 0.05) is 31.1 Å². The molecule has 0 saturated carbocycles. The number of aromatic nitrogens is 3. The van der Waals surface area contributed by atoms with Gasteiger partial charge in [0.05, 0.1) is 11.8 Å². The lowest BCUT2D eigenvalue weighted by molar-refractivity contribution is 0.621. The topological polar surface area (TPSA) is 43.9 Å². The van der Waals surface area contributed by atoms with Crippen molar-refractivity contribution in [2.45, 2.75) is 19.8 Å². The Bertz CT molecular complexity index is 694. The van der Waals surface area contributed by atoms with Crippen molar-refractivity contribution in [1.82, 2.24) is 14.8 Å². The Morgan fingerprint density at radius 1 is 1.33 bits per heavy atom. The third-order valence-corrected chi connectivity index (χ3v) is 3.05. The second-order valence-corrected chi connectivity index (χ2v) is 4.78. The summed E-state index contributed by atoms with van der Waals surface area (Å²) in [5.74, 6) is 1.24. The lowest BCUT2D eigenvalue weighted by Gasteiger charge is -2.04. The fraction of sp³-hybridized carbons (Fsp3) is 0.286. The molecule has 92 valence electrons. The number of pyridine rings is 1. The van der Waals surface area contributed by atoms with Gasteiger partial charge in [-0.3, -0.25) is 9.67 Å². The van der Waals surface area contributed by atoms with Gasteiger partial charge in [-0.25, -0.2) is 0 Å². The zero-order chi connectivity index (χ0) is 12.7. The standard InChI is InChI=1S/C14H15N3O/c1-9(2)11-4-5-15-12-6-13(18-14(11)12)10-7-16-17(3)8-10/h4-9H,1-3H3. The maximum atomic E-state index is 5.94. The first-order valence-corrected chi connectivity index (χ1v) is 6.02. The molecule has 0 unspecified atom stereocenters. The van der Waals surface area contributed by atoms with E-state index in [1.165, 1.54) is 5.56 Å². The Balaban J connectivity index is 2.19. The summed E-state index contributed by atoms with van der Waals surface area (Å²) in [5.41, 5.74) is 3.95. The van der Waals surface area contributed by atoms with Gasteiger partial charge in [0.25, 0.3) is 0 Å². The van der Waals surface area contributed by atoms with E-state index in [1.807, 2.05) is 31.6 Å². The summed E-state index contributed by atoms with van der Waals surface area (Å²) in [4.78, 5) is 4.36. The second kappa shape index (κ2) is 3.98. The molecule has 0 radical (unpaired) electrons. The van der Waals surface area contributed by atoms with E-state index in [0.717, 1.165) is 22.4 Å². The Labute approximate surface area is 105 Å². The highest BCUT2D eigenvalue weighted by atomic mass is 16.3. The first-order valence-electron chi connectivity index (χ1n) is 6.02. The molecule has 0 atom stereocenters. The van der Waals surface area contributed by atoms with E-state index in [-0.39, 0.29) is 0 Å². The minimum atomic E-state index is 0.420. The Morgan fingerprint density at radius 2 is 2.17 bits per heavy atom. The van der Waals surface area contributed by atoms with Crippen molar-refractivity contribution in [3.05, 3.63) is 36.3 Å². The molecule has 0 aromatic carbocycles. The summed E-state index contributed by atoms with van der Waals surface area (Å²) in [6.07, 6.45) is 5.57. The molecule has 0 bridgehead atoms. The number of aryl methyl sites for hydroxylation is 1. The van der Waals surface area contributed by atoms with Crippen molar-refractivity contribution in [1.29, 1.82) is 0 Å². The lowest BCUT2D eigenvalue weighted by atomic mass is 10.0. The molecular weight excluding hydrogens is 226 g/mol. The SMILES string of the molecule is CC(C)c1ccnc2cc(-c3cnn(C)c3)oc12. The van der Waals surface area contributed by atoms with Gasteiger partial charge in [-0.15, -0.1) is 0 Å². The van der Waals surface area contributed by atoms with Crippen molar-refractivity contribution in [2.75, 3.05) is 0 Å². The van der Waals surface area contributed by atoms with Gasteiger partial charge in [0.15, 0.2) is 5.58 Å². The Morgan fingerprint density at radius 3 is 2.83 bits per heavy atom. The Kier molecular flexibility index (Phi) is 2.44. The van der Waals surface area contributed by atoms with Crippen LogP contribution in [-0.2, 0) is 7.05 Å². The first-order chi connectivity index (χ1) is 8.65. The van der Waals surface area contributed by atoms with E-state index >= 15 is 0 Å². The molecule has 4 heteroatoms. The summed E-state index contributed by atoms with van der Waals surface area (Å²) in [6, 6.07) is 3.99. The van der Waals surface area contributed by atoms with Crippen LogP contribution in [0.15, 0.2) is 35.1 Å². The predicted octanol–water partition coefficient (Wildman–Crippen LogP) is 3.35. The second-order valence-electron chi connectivity index (χ2n) is 4.78. The number of fused-ring (bicyclic) bond motifs is 1. The first kappa shape index (κ1) is 11.0. The molecule has 18 heavy (non-hydrogen) atoms. The van der Waals surface area contributed by atoms with Crippen LogP contribution >= 0.6 is 0 Å². The third-order valence-electron chi connectivity index (χ3n) is 3.05. The van der Waals surface area contributed by atoms with Gasteiger partial charge in [0.1, 0.15) is 11.3 Å². The van der Waals surface area contributed by atoms with E-state index in [4.69, 9.17) is 4.42 Å². The maximum absolute atomic E-state index is 5.94. The normalized spacial score (nSPS) is 11.6. The van der Waals surface area contributed by atoms with Gasteiger partial charge in [-0.2, -0.15) is 5.10 Å². The van der Waals surface area contributed by atoms with Crippen LogP contribution in [0.5, 0.6) is 0 Å². The maximum Gasteiger partial charge on any atom is 0.156 e. The molecule has 3 heterocycles. The minimum Gasteiger partial charge on any atom is -0.454 e. The molecule has 3 aromatic rings. The van der Waals surface area contributed by atoms with Crippen LogP contribution in [0.1, 0.15) is 25.3 Å². The largest absolute Gasteiger partial charge is 0.454 e. The van der Waals surface area contributed by atoms with Crippen LogP contribution in [0, 0.1) is 0 Å². The van der Waals surface area contributed by atoms with Gasteiger partial charge < -0.3 is 4.42 Å². The van der Waals surface area contributed by atoms with Gasteiger partial charge >= 0.3 is 0 Å². The van der Waals surface area contributed by atoms with Gasteiger partial charge in [-0.05, 0) is 12.0 Å². The highest BCUT2D eigenvalue weighted by Crippen LogP contribution is 2.31. The molecule has 4 nitrogen and oxygen atoms in total. The average molecular weight is 241 g/mol.